The summed E-state index contributed by atoms with van der Waals surface area (Å²) in [6.45, 7) is 5.55. The number of aldehydes is 1. The van der Waals surface area contributed by atoms with E-state index >= 15 is 0 Å². The molecule has 1 saturated carbocycles. The maximum Gasteiger partial charge on any atom is 0.313 e. The monoisotopic (exact) mass is 262 g/mol. The standard InChI is InChI=1S/C15H18O4/c1-15(2,3)19-14(17)12-8-13(12)18-11-6-4-10(9-16)5-7-11/h4-7,9,12-13H,8H2,1-3H3/t12-,13-/m1/s1. The zero-order chi connectivity index (χ0) is 14.0. The third-order valence-electron chi connectivity index (χ3n) is 2.75. The molecule has 0 N–H and O–H groups in total. The van der Waals surface area contributed by atoms with Gasteiger partial charge in [0.25, 0.3) is 0 Å². The fourth-order valence-corrected chi connectivity index (χ4v) is 1.73. The number of rotatable bonds is 4. The SMILES string of the molecule is CC(C)(C)OC(=O)[C@@H]1C[C@H]1Oc1ccc(C=O)cc1. The Hall–Kier alpha value is -1.84. The van der Waals surface area contributed by atoms with Gasteiger partial charge in [0.15, 0.2) is 0 Å². The lowest BCUT2D eigenvalue weighted by Gasteiger charge is -2.19. The summed E-state index contributed by atoms with van der Waals surface area (Å²) in [6.07, 6.45) is 1.35. The summed E-state index contributed by atoms with van der Waals surface area (Å²) < 4.78 is 11.0. The van der Waals surface area contributed by atoms with Gasteiger partial charge in [-0.05, 0) is 45.0 Å². The van der Waals surface area contributed by atoms with Gasteiger partial charge in [-0.2, -0.15) is 0 Å². The number of carbonyl (C=O) groups excluding carboxylic acids is 2. The summed E-state index contributed by atoms with van der Waals surface area (Å²) in [5.74, 6) is 0.286. The summed E-state index contributed by atoms with van der Waals surface area (Å²) in [6, 6.07) is 6.84. The van der Waals surface area contributed by atoms with E-state index in [0.29, 0.717) is 17.7 Å². The molecule has 2 atom stereocenters. The maximum absolute atomic E-state index is 11.8. The number of ether oxygens (including phenoxy) is 2. The summed E-state index contributed by atoms with van der Waals surface area (Å²) in [5, 5.41) is 0. The maximum atomic E-state index is 11.8. The van der Waals surface area contributed by atoms with Crippen molar-refractivity contribution in [3.63, 3.8) is 0 Å². The van der Waals surface area contributed by atoms with Gasteiger partial charge >= 0.3 is 5.97 Å². The van der Waals surface area contributed by atoms with Gasteiger partial charge in [0.1, 0.15) is 23.7 Å². The number of hydrogen-bond donors (Lipinski definition) is 0. The van der Waals surface area contributed by atoms with Crippen LogP contribution in [0.1, 0.15) is 37.6 Å². The molecule has 0 spiro atoms. The first-order valence-corrected chi connectivity index (χ1v) is 6.34. The molecule has 4 nitrogen and oxygen atoms in total. The highest BCUT2D eigenvalue weighted by Gasteiger charge is 2.47. The Morgan fingerprint density at radius 2 is 1.89 bits per heavy atom. The van der Waals surface area contributed by atoms with Crippen LogP contribution in [-0.4, -0.2) is 24.0 Å². The van der Waals surface area contributed by atoms with E-state index in [1.807, 2.05) is 20.8 Å². The number of carbonyl (C=O) groups is 2. The van der Waals surface area contributed by atoms with Crippen molar-refractivity contribution in [1.29, 1.82) is 0 Å². The normalized spacial score (nSPS) is 21.6. The average molecular weight is 262 g/mol. The van der Waals surface area contributed by atoms with E-state index in [1.165, 1.54) is 0 Å². The molecule has 1 aliphatic carbocycles. The molecule has 0 amide bonds. The minimum absolute atomic E-state index is 0.114. The zero-order valence-electron chi connectivity index (χ0n) is 11.4. The highest BCUT2D eigenvalue weighted by molar-refractivity contribution is 5.77. The van der Waals surface area contributed by atoms with Crippen molar-refractivity contribution < 1.29 is 19.1 Å². The van der Waals surface area contributed by atoms with Gasteiger partial charge in [-0.3, -0.25) is 9.59 Å². The molecule has 0 unspecified atom stereocenters. The van der Waals surface area contributed by atoms with E-state index in [0.717, 1.165) is 6.29 Å². The second-order valence-electron chi connectivity index (χ2n) is 5.72. The van der Waals surface area contributed by atoms with Crippen molar-refractivity contribution in [2.45, 2.75) is 38.9 Å². The zero-order valence-corrected chi connectivity index (χ0v) is 11.4. The lowest BCUT2D eigenvalue weighted by atomic mass is 10.2. The summed E-state index contributed by atoms with van der Waals surface area (Å²) in [7, 11) is 0. The molecule has 0 aromatic heterocycles. The van der Waals surface area contributed by atoms with E-state index in [2.05, 4.69) is 0 Å². The molecule has 0 bridgehead atoms. The Morgan fingerprint density at radius 3 is 2.42 bits per heavy atom. The van der Waals surface area contributed by atoms with E-state index in [4.69, 9.17) is 9.47 Å². The second-order valence-corrected chi connectivity index (χ2v) is 5.72. The molecule has 1 aliphatic rings. The fourth-order valence-electron chi connectivity index (χ4n) is 1.73. The third-order valence-corrected chi connectivity index (χ3v) is 2.75. The minimum atomic E-state index is -0.462. The lowest BCUT2D eigenvalue weighted by Crippen LogP contribution is -2.26. The first-order chi connectivity index (χ1) is 8.89. The molecule has 0 radical (unpaired) electrons. The molecule has 0 saturated heterocycles. The minimum Gasteiger partial charge on any atom is -0.490 e. The Kier molecular flexibility index (Phi) is 3.60. The quantitative estimate of drug-likeness (QED) is 0.618. The third kappa shape index (κ3) is 3.81. The molecule has 1 aromatic rings. The molecule has 102 valence electrons. The molecule has 19 heavy (non-hydrogen) atoms. The molecule has 2 rings (SSSR count). The van der Waals surface area contributed by atoms with Crippen molar-refractivity contribution in [3.8, 4) is 5.75 Å². The van der Waals surface area contributed by atoms with Crippen LogP contribution in [0.3, 0.4) is 0 Å². The van der Waals surface area contributed by atoms with Crippen LogP contribution in [0.2, 0.25) is 0 Å². The van der Waals surface area contributed by atoms with Crippen LogP contribution in [0, 0.1) is 5.92 Å². The van der Waals surface area contributed by atoms with E-state index < -0.39 is 5.60 Å². The van der Waals surface area contributed by atoms with Gasteiger partial charge in [-0.25, -0.2) is 0 Å². The average Bonchev–Trinajstić information content (AvgIpc) is 3.07. The number of benzene rings is 1. The van der Waals surface area contributed by atoms with Crippen LogP contribution in [0.5, 0.6) is 5.75 Å². The summed E-state index contributed by atoms with van der Waals surface area (Å²) in [4.78, 5) is 22.3. The Balaban J connectivity index is 1.86. The van der Waals surface area contributed by atoms with Crippen molar-refractivity contribution >= 4 is 12.3 Å². The number of esters is 1. The first kappa shape index (κ1) is 13.6. The van der Waals surface area contributed by atoms with Crippen molar-refractivity contribution in [2.75, 3.05) is 0 Å². The van der Waals surface area contributed by atoms with Crippen LogP contribution < -0.4 is 4.74 Å². The van der Waals surface area contributed by atoms with E-state index in [-0.39, 0.29) is 18.0 Å². The van der Waals surface area contributed by atoms with Crippen molar-refractivity contribution in [1.82, 2.24) is 0 Å². The van der Waals surface area contributed by atoms with Gasteiger partial charge in [-0.1, -0.05) is 0 Å². The van der Waals surface area contributed by atoms with E-state index in [1.54, 1.807) is 24.3 Å². The van der Waals surface area contributed by atoms with Crippen molar-refractivity contribution in [2.24, 2.45) is 5.92 Å². The van der Waals surface area contributed by atoms with Crippen molar-refractivity contribution in [3.05, 3.63) is 29.8 Å². The first-order valence-electron chi connectivity index (χ1n) is 6.34. The van der Waals surface area contributed by atoms with Gasteiger partial charge in [0.2, 0.25) is 0 Å². The lowest BCUT2D eigenvalue weighted by molar-refractivity contribution is -0.157. The Bertz CT molecular complexity index is 470. The molecule has 4 heteroatoms. The van der Waals surface area contributed by atoms with Crippen LogP contribution in [-0.2, 0) is 9.53 Å². The molecule has 1 fully saturated rings. The van der Waals surface area contributed by atoms with Gasteiger partial charge in [-0.15, -0.1) is 0 Å². The van der Waals surface area contributed by atoms with E-state index in [9.17, 15) is 9.59 Å². The number of hydrogen-bond acceptors (Lipinski definition) is 4. The predicted molar refractivity (Wildman–Crippen MR) is 70.2 cm³/mol. The Morgan fingerprint density at radius 1 is 1.26 bits per heavy atom. The fraction of sp³-hybridized carbons (Fsp3) is 0.467. The molecule has 0 heterocycles. The van der Waals surface area contributed by atoms with Crippen LogP contribution >= 0.6 is 0 Å². The summed E-state index contributed by atoms with van der Waals surface area (Å²) >= 11 is 0. The highest BCUT2D eigenvalue weighted by Crippen LogP contribution is 2.36. The molecule has 0 aliphatic heterocycles. The molecular weight excluding hydrogens is 244 g/mol. The topological polar surface area (TPSA) is 52.6 Å². The largest absolute Gasteiger partial charge is 0.490 e. The predicted octanol–water partition coefficient (Wildman–Crippen LogP) is 2.61. The molecular formula is C15H18O4. The summed E-state index contributed by atoms with van der Waals surface area (Å²) in [5.41, 5.74) is 0.141. The van der Waals surface area contributed by atoms with Gasteiger partial charge < -0.3 is 9.47 Å². The van der Waals surface area contributed by atoms with Crippen LogP contribution in [0.25, 0.3) is 0 Å². The van der Waals surface area contributed by atoms with Gasteiger partial charge in [0, 0.05) is 12.0 Å². The second kappa shape index (κ2) is 5.03. The van der Waals surface area contributed by atoms with Crippen LogP contribution in [0.15, 0.2) is 24.3 Å². The smallest absolute Gasteiger partial charge is 0.313 e. The highest BCUT2D eigenvalue weighted by atomic mass is 16.6. The van der Waals surface area contributed by atoms with Gasteiger partial charge in [0.05, 0.1) is 5.92 Å². The molecule has 1 aromatic carbocycles. The van der Waals surface area contributed by atoms with Crippen LogP contribution in [0.4, 0.5) is 0 Å². The Labute approximate surface area is 112 Å².